The first-order valence-electron chi connectivity index (χ1n) is 4.02. The van der Waals surface area contributed by atoms with Crippen LogP contribution in [0.3, 0.4) is 0 Å². The molecule has 0 rings (SSSR count). The number of hydrogen-bond donors (Lipinski definition) is 1. The summed E-state index contributed by atoms with van der Waals surface area (Å²) in [6.45, 7) is 4.05. The van der Waals surface area contributed by atoms with Crippen LogP contribution < -0.4 is 0 Å². The molecule has 1 atom stereocenters. The summed E-state index contributed by atoms with van der Waals surface area (Å²) in [6, 6.07) is 0. The number of carbonyl (C=O) groups is 2. The van der Waals surface area contributed by atoms with Gasteiger partial charge in [0.1, 0.15) is 5.92 Å². The molecule has 0 aromatic heterocycles. The van der Waals surface area contributed by atoms with Crippen LogP contribution in [0.2, 0.25) is 0 Å². The molecule has 0 saturated carbocycles. The van der Waals surface area contributed by atoms with Crippen molar-refractivity contribution in [2.24, 2.45) is 5.92 Å². The van der Waals surface area contributed by atoms with Crippen LogP contribution in [-0.2, 0) is 9.59 Å². The number of rotatable bonds is 4. The highest BCUT2D eigenvalue weighted by atomic mass is 16.4. The van der Waals surface area contributed by atoms with Crippen LogP contribution in [0.25, 0.3) is 0 Å². The van der Waals surface area contributed by atoms with Crippen LogP contribution in [0.5, 0.6) is 0 Å². The Balaban J connectivity index is 4.31. The summed E-state index contributed by atoms with van der Waals surface area (Å²) in [4.78, 5) is 23.3. The van der Waals surface area contributed by atoms with Crippen LogP contribution in [0.1, 0.15) is 20.3 Å². The van der Waals surface area contributed by atoms with Crippen molar-refractivity contribution < 1.29 is 14.7 Å². The molecule has 12 heavy (non-hydrogen) atoms. The van der Waals surface area contributed by atoms with Gasteiger partial charge in [0.15, 0.2) is 0 Å². The number of aliphatic carboxylic acids is 1. The van der Waals surface area contributed by atoms with Gasteiger partial charge in [0.25, 0.3) is 0 Å². The van der Waals surface area contributed by atoms with E-state index in [-0.39, 0.29) is 5.91 Å². The molecule has 1 amide bonds. The average Bonchev–Trinajstić information content (AvgIpc) is 2.03. The zero-order valence-electron chi connectivity index (χ0n) is 7.70. The minimum absolute atomic E-state index is 0.312. The minimum atomic E-state index is -1.04. The molecule has 0 bridgehead atoms. The lowest BCUT2D eigenvalue weighted by atomic mass is 10.1. The molecule has 1 unspecified atom stereocenters. The average molecular weight is 173 g/mol. The summed E-state index contributed by atoms with van der Waals surface area (Å²) < 4.78 is 0. The molecule has 4 heteroatoms. The van der Waals surface area contributed by atoms with Crippen molar-refractivity contribution in [3.05, 3.63) is 0 Å². The first kappa shape index (κ1) is 10.9. The number of carbonyl (C=O) groups excluding carboxylic acids is 1. The van der Waals surface area contributed by atoms with Gasteiger partial charge in [-0.25, -0.2) is 0 Å². The molecular weight excluding hydrogens is 158 g/mol. The largest absolute Gasteiger partial charge is 0.481 e. The summed E-state index contributed by atoms with van der Waals surface area (Å²) in [5, 5.41) is 8.64. The van der Waals surface area contributed by atoms with Gasteiger partial charge in [0, 0.05) is 13.6 Å². The molecule has 0 aromatic carbocycles. The van der Waals surface area contributed by atoms with Crippen LogP contribution in [0, 0.1) is 5.92 Å². The Morgan fingerprint density at radius 2 is 1.92 bits per heavy atom. The van der Waals surface area contributed by atoms with Crippen molar-refractivity contribution in [2.45, 2.75) is 20.3 Å². The highest BCUT2D eigenvalue weighted by Crippen LogP contribution is 2.06. The quantitative estimate of drug-likeness (QED) is 0.632. The van der Waals surface area contributed by atoms with Gasteiger partial charge in [-0.3, -0.25) is 9.59 Å². The summed E-state index contributed by atoms with van der Waals surface area (Å²) in [5.41, 5.74) is 0. The van der Waals surface area contributed by atoms with Crippen molar-refractivity contribution in [1.82, 2.24) is 4.90 Å². The normalized spacial score (nSPS) is 12.2. The molecule has 4 nitrogen and oxygen atoms in total. The molecule has 0 aromatic rings. The second-order valence-corrected chi connectivity index (χ2v) is 2.65. The van der Waals surface area contributed by atoms with Crippen LogP contribution in [0.15, 0.2) is 0 Å². The van der Waals surface area contributed by atoms with Gasteiger partial charge in [0.05, 0.1) is 0 Å². The fourth-order valence-corrected chi connectivity index (χ4v) is 0.877. The third-order valence-electron chi connectivity index (χ3n) is 1.86. The Bertz CT molecular complexity index is 179. The molecule has 0 fully saturated rings. The zero-order valence-corrected chi connectivity index (χ0v) is 7.70. The van der Waals surface area contributed by atoms with E-state index in [1.807, 2.05) is 6.92 Å². The number of carboxylic acid groups (broad SMARTS) is 1. The maximum atomic E-state index is 11.3. The van der Waals surface area contributed by atoms with Crippen LogP contribution in [-0.4, -0.2) is 35.5 Å². The predicted octanol–water partition coefficient (Wildman–Crippen LogP) is 0.575. The van der Waals surface area contributed by atoms with E-state index in [1.165, 1.54) is 4.90 Å². The van der Waals surface area contributed by atoms with E-state index in [1.54, 1.807) is 14.0 Å². The van der Waals surface area contributed by atoms with Gasteiger partial charge in [-0.05, 0) is 13.3 Å². The molecule has 70 valence electrons. The lowest BCUT2D eigenvalue weighted by Gasteiger charge is -2.18. The zero-order chi connectivity index (χ0) is 9.72. The van der Waals surface area contributed by atoms with E-state index >= 15 is 0 Å². The standard InChI is InChI=1S/C8H15NO3/c1-4-6(8(11)12)7(10)9(3)5-2/h6H,4-5H2,1-3H3,(H,11,12). The van der Waals surface area contributed by atoms with Crippen molar-refractivity contribution in [2.75, 3.05) is 13.6 Å². The highest BCUT2D eigenvalue weighted by molar-refractivity contribution is 5.96. The van der Waals surface area contributed by atoms with E-state index in [0.717, 1.165) is 0 Å². The Labute approximate surface area is 72.2 Å². The lowest BCUT2D eigenvalue weighted by molar-refractivity contribution is -0.150. The van der Waals surface area contributed by atoms with Crippen LogP contribution in [0.4, 0.5) is 0 Å². The van der Waals surface area contributed by atoms with Gasteiger partial charge >= 0.3 is 5.97 Å². The van der Waals surface area contributed by atoms with Crippen molar-refractivity contribution in [3.8, 4) is 0 Å². The minimum Gasteiger partial charge on any atom is -0.481 e. The number of amides is 1. The third-order valence-corrected chi connectivity index (χ3v) is 1.86. The van der Waals surface area contributed by atoms with Gasteiger partial charge in [-0.15, -0.1) is 0 Å². The Hall–Kier alpha value is -1.06. The second-order valence-electron chi connectivity index (χ2n) is 2.65. The molecule has 0 spiro atoms. The lowest BCUT2D eigenvalue weighted by Crippen LogP contribution is -2.36. The Kier molecular flexibility index (Phi) is 4.33. The van der Waals surface area contributed by atoms with E-state index in [9.17, 15) is 9.59 Å². The summed E-state index contributed by atoms with van der Waals surface area (Å²) in [6.07, 6.45) is 0.346. The molecule has 0 aliphatic heterocycles. The third kappa shape index (κ3) is 2.53. The van der Waals surface area contributed by atoms with Crippen LogP contribution >= 0.6 is 0 Å². The first-order valence-corrected chi connectivity index (χ1v) is 4.02. The fourth-order valence-electron chi connectivity index (χ4n) is 0.877. The topological polar surface area (TPSA) is 57.6 Å². The number of hydrogen-bond acceptors (Lipinski definition) is 2. The van der Waals surface area contributed by atoms with Gasteiger partial charge in [-0.2, -0.15) is 0 Å². The maximum Gasteiger partial charge on any atom is 0.316 e. The number of nitrogens with zero attached hydrogens (tertiary/aromatic N) is 1. The van der Waals surface area contributed by atoms with E-state index < -0.39 is 11.9 Å². The van der Waals surface area contributed by atoms with Gasteiger partial charge in [0.2, 0.25) is 5.91 Å². The molecule has 0 aliphatic carbocycles. The molecule has 1 N–H and O–H groups in total. The first-order chi connectivity index (χ1) is 5.54. The second kappa shape index (κ2) is 4.74. The fraction of sp³-hybridized carbons (Fsp3) is 0.750. The monoisotopic (exact) mass is 173 g/mol. The van der Waals surface area contributed by atoms with Crippen molar-refractivity contribution in [3.63, 3.8) is 0 Å². The SMILES string of the molecule is CCC(C(=O)O)C(=O)N(C)CC. The van der Waals surface area contributed by atoms with Crippen molar-refractivity contribution in [1.29, 1.82) is 0 Å². The Morgan fingerprint density at radius 3 is 2.17 bits per heavy atom. The summed E-state index contributed by atoms with van der Waals surface area (Å²) in [7, 11) is 1.61. The van der Waals surface area contributed by atoms with E-state index in [4.69, 9.17) is 5.11 Å². The number of carboxylic acids is 1. The maximum absolute atomic E-state index is 11.3. The predicted molar refractivity (Wildman–Crippen MR) is 44.7 cm³/mol. The van der Waals surface area contributed by atoms with Crippen molar-refractivity contribution >= 4 is 11.9 Å². The Morgan fingerprint density at radius 1 is 1.42 bits per heavy atom. The molecule has 0 saturated heterocycles. The summed E-state index contributed by atoms with van der Waals surface area (Å²) in [5.74, 6) is -2.23. The molecule has 0 heterocycles. The van der Waals surface area contributed by atoms with Gasteiger partial charge < -0.3 is 10.0 Å². The molecular formula is C8H15NO3. The smallest absolute Gasteiger partial charge is 0.316 e. The van der Waals surface area contributed by atoms with E-state index in [0.29, 0.717) is 13.0 Å². The molecule has 0 radical (unpaired) electrons. The molecule has 0 aliphatic rings. The van der Waals surface area contributed by atoms with Gasteiger partial charge in [-0.1, -0.05) is 6.92 Å². The highest BCUT2D eigenvalue weighted by Gasteiger charge is 2.25. The van der Waals surface area contributed by atoms with E-state index in [2.05, 4.69) is 0 Å². The summed E-state index contributed by atoms with van der Waals surface area (Å²) >= 11 is 0.